The van der Waals surface area contributed by atoms with Crippen molar-refractivity contribution < 1.29 is 14.3 Å². The lowest BCUT2D eigenvalue weighted by molar-refractivity contribution is -0.119. The molecule has 0 aromatic heterocycles. The Balaban J connectivity index is 1.28. The van der Waals surface area contributed by atoms with Gasteiger partial charge in [0, 0.05) is 34.6 Å². The lowest BCUT2D eigenvalue weighted by atomic mass is 10.1. The smallest absolute Gasteiger partial charge is 0.258 e. The zero-order valence-electron chi connectivity index (χ0n) is 21.2. The molecule has 0 aliphatic heterocycles. The van der Waals surface area contributed by atoms with Gasteiger partial charge < -0.3 is 20.3 Å². The third-order valence-corrected chi connectivity index (χ3v) is 6.70. The van der Waals surface area contributed by atoms with E-state index in [4.69, 9.17) is 40.2 Å². The molecule has 6 nitrogen and oxygen atoms in total. The average molecular weight is 581 g/mol. The molecule has 39 heavy (non-hydrogen) atoms. The van der Waals surface area contributed by atoms with E-state index in [1.165, 1.54) is 0 Å². The fourth-order valence-corrected chi connectivity index (χ4v) is 4.77. The highest BCUT2D eigenvalue weighted by Crippen LogP contribution is 2.29. The molecule has 0 aliphatic carbocycles. The van der Waals surface area contributed by atoms with Gasteiger partial charge in [-0.05, 0) is 79.5 Å². The highest BCUT2D eigenvalue weighted by atomic mass is 35.5. The molecule has 4 rings (SSSR count). The van der Waals surface area contributed by atoms with E-state index < -0.39 is 0 Å². The molecule has 0 fully saturated rings. The number of fused-ring (bicyclic) bond motifs is 1. The number of anilines is 2. The number of thiocarbonyl (C=S) groups is 1. The maximum absolute atomic E-state index is 13.3. The Kier molecular flexibility index (Phi) is 9.76. The zero-order chi connectivity index (χ0) is 27.8. The fourth-order valence-electron chi connectivity index (χ4n) is 4.08. The van der Waals surface area contributed by atoms with Gasteiger partial charge in [0.25, 0.3) is 5.91 Å². The van der Waals surface area contributed by atoms with Gasteiger partial charge in [-0.3, -0.25) is 9.59 Å². The summed E-state index contributed by atoms with van der Waals surface area (Å²) in [6.07, 6.45) is 0.705. The number of amides is 2. The number of carbonyl (C=O) groups is 2. The zero-order valence-corrected chi connectivity index (χ0v) is 23.6. The Morgan fingerprint density at radius 1 is 0.949 bits per heavy atom. The number of nitrogens with zero attached hydrogens (tertiary/aromatic N) is 1. The number of hydrogen-bond acceptors (Lipinski definition) is 4. The second kappa shape index (κ2) is 13.4. The lowest BCUT2D eigenvalue weighted by Gasteiger charge is -2.23. The molecular formula is C30H27Cl2N3O3S. The molecule has 4 aromatic carbocycles. The molecule has 0 bridgehead atoms. The molecule has 0 spiro atoms. The van der Waals surface area contributed by atoms with Crippen molar-refractivity contribution in [2.24, 2.45) is 0 Å². The molecule has 2 N–H and O–H groups in total. The first-order chi connectivity index (χ1) is 18.9. The van der Waals surface area contributed by atoms with Crippen LogP contribution >= 0.6 is 35.4 Å². The quantitative estimate of drug-likeness (QED) is 0.159. The normalized spacial score (nSPS) is 10.6. The first-order valence-electron chi connectivity index (χ1n) is 12.4. The maximum atomic E-state index is 13.3. The Hall–Kier alpha value is -3.65. The summed E-state index contributed by atoms with van der Waals surface area (Å²) in [5.41, 5.74) is 2.07. The van der Waals surface area contributed by atoms with E-state index in [0.29, 0.717) is 46.6 Å². The predicted octanol–water partition coefficient (Wildman–Crippen LogP) is 7.49. The van der Waals surface area contributed by atoms with Crippen molar-refractivity contribution in [3.8, 4) is 5.75 Å². The highest BCUT2D eigenvalue weighted by molar-refractivity contribution is 7.80. The molecule has 0 saturated carbocycles. The van der Waals surface area contributed by atoms with Crippen molar-refractivity contribution >= 4 is 74.5 Å². The number of benzene rings is 4. The van der Waals surface area contributed by atoms with Gasteiger partial charge in [0.15, 0.2) is 5.11 Å². The summed E-state index contributed by atoms with van der Waals surface area (Å²) in [4.78, 5) is 27.4. The molecule has 200 valence electrons. The molecule has 0 saturated heterocycles. The molecule has 0 radical (unpaired) electrons. The Morgan fingerprint density at radius 2 is 1.69 bits per heavy atom. The van der Waals surface area contributed by atoms with Gasteiger partial charge in [0.05, 0.1) is 17.3 Å². The molecule has 2 amide bonds. The minimum atomic E-state index is -0.237. The summed E-state index contributed by atoms with van der Waals surface area (Å²) in [5.74, 6) is 0.178. The van der Waals surface area contributed by atoms with E-state index in [9.17, 15) is 9.59 Å². The van der Waals surface area contributed by atoms with Crippen LogP contribution in [0.5, 0.6) is 5.75 Å². The van der Waals surface area contributed by atoms with Crippen LogP contribution in [0.15, 0.2) is 84.9 Å². The standard InChI is InChI=1S/C30H27Cl2N3O3S/c1-2-35(26-10-5-8-20-7-3-4-9-24(20)26)29(37)21-12-15-23(16-13-21)33-30(39)34-28(36)11-6-18-38-27-17-14-22(31)19-25(27)32/h3-5,7-10,12-17,19H,2,6,11,18H2,1H3,(H2,33,34,36,39). The van der Waals surface area contributed by atoms with Crippen molar-refractivity contribution in [3.05, 3.63) is 101 Å². The van der Waals surface area contributed by atoms with E-state index in [0.717, 1.165) is 16.5 Å². The van der Waals surface area contributed by atoms with E-state index in [1.807, 2.05) is 49.4 Å². The van der Waals surface area contributed by atoms with Gasteiger partial charge in [-0.1, -0.05) is 59.6 Å². The minimum absolute atomic E-state index is 0.0987. The summed E-state index contributed by atoms with van der Waals surface area (Å²) >= 11 is 17.2. The molecule has 0 heterocycles. The summed E-state index contributed by atoms with van der Waals surface area (Å²) in [7, 11) is 0. The maximum Gasteiger partial charge on any atom is 0.258 e. The van der Waals surface area contributed by atoms with Crippen LogP contribution in [-0.2, 0) is 4.79 Å². The topological polar surface area (TPSA) is 70.7 Å². The van der Waals surface area contributed by atoms with Crippen LogP contribution in [0.1, 0.15) is 30.1 Å². The third-order valence-electron chi connectivity index (χ3n) is 5.96. The van der Waals surface area contributed by atoms with Crippen molar-refractivity contribution in [3.63, 3.8) is 0 Å². The fraction of sp³-hybridized carbons (Fsp3) is 0.167. The monoisotopic (exact) mass is 579 g/mol. The Bertz CT molecular complexity index is 1490. The van der Waals surface area contributed by atoms with Gasteiger partial charge in [0.1, 0.15) is 5.75 Å². The number of nitrogens with one attached hydrogen (secondary N) is 2. The molecule has 0 unspecified atom stereocenters. The first-order valence-corrected chi connectivity index (χ1v) is 13.6. The van der Waals surface area contributed by atoms with E-state index in [1.54, 1.807) is 47.4 Å². The van der Waals surface area contributed by atoms with Crippen LogP contribution in [0, 0.1) is 0 Å². The molecule has 0 aliphatic rings. The minimum Gasteiger partial charge on any atom is -0.492 e. The molecular weight excluding hydrogens is 553 g/mol. The number of halogens is 2. The number of rotatable bonds is 9. The molecule has 9 heteroatoms. The summed E-state index contributed by atoms with van der Waals surface area (Å²) < 4.78 is 5.60. The molecule has 4 aromatic rings. The SMILES string of the molecule is CCN(C(=O)c1ccc(NC(=S)NC(=O)CCCOc2ccc(Cl)cc2Cl)cc1)c1cccc2ccccc12. The summed E-state index contributed by atoms with van der Waals surface area (Å²) in [6, 6.07) is 25.9. The van der Waals surface area contributed by atoms with Crippen molar-refractivity contribution in [2.45, 2.75) is 19.8 Å². The van der Waals surface area contributed by atoms with Gasteiger partial charge >= 0.3 is 0 Å². The van der Waals surface area contributed by atoms with Crippen molar-refractivity contribution in [2.75, 3.05) is 23.4 Å². The van der Waals surface area contributed by atoms with Gasteiger partial charge in [-0.15, -0.1) is 0 Å². The van der Waals surface area contributed by atoms with Crippen LogP contribution in [0.3, 0.4) is 0 Å². The molecule has 0 atom stereocenters. The first kappa shape index (κ1) is 28.4. The average Bonchev–Trinajstić information content (AvgIpc) is 2.93. The summed E-state index contributed by atoms with van der Waals surface area (Å²) in [5, 5.41) is 8.85. The Morgan fingerprint density at radius 3 is 2.44 bits per heavy atom. The van der Waals surface area contributed by atoms with Crippen molar-refractivity contribution in [1.29, 1.82) is 0 Å². The highest BCUT2D eigenvalue weighted by Gasteiger charge is 2.18. The summed E-state index contributed by atoms with van der Waals surface area (Å²) in [6.45, 7) is 2.80. The number of ether oxygens (including phenoxy) is 1. The second-order valence-electron chi connectivity index (χ2n) is 8.65. The predicted molar refractivity (Wildman–Crippen MR) is 163 cm³/mol. The lowest BCUT2D eigenvalue weighted by Crippen LogP contribution is -2.34. The van der Waals surface area contributed by atoms with Crippen LogP contribution in [-0.4, -0.2) is 30.1 Å². The van der Waals surface area contributed by atoms with Gasteiger partial charge in [-0.25, -0.2) is 0 Å². The number of hydrogen-bond donors (Lipinski definition) is 2. The third kappa shape index (κ3) is 7.47. The van der Waals surface area contributed by atoms with E-state index in [-0.39, 0.29) is 23.3 Å². The largest absolute Gasteiger partial charge is 0.492 e. The van der Waals surface area contributed by atoms with Crippen LogP contribution in [0.4, 0.5) is 11.4 Å². The van der Waals surface area contributed by atoms with Gasteiger partial charge in [-0.2, -0.15) is 0 Å². The van der Waals surface area contributed by atoms with Crippen LogP contribution < -0.4 is 20.3 Å². The second-order valence-corrected chi connectivity index (χ2v) is 9.91. The van der Waals surface area contributed by atoms with E-state index in [2.05, 4.69) is 10.6 Å². The van der Waals surface area contributed by atoms with Crippen LogP contribution in [0.25, 0.3) is 10.8 Å². The van der Waals surface area contributed by atoms with Gasteiger partial charge in [0.2, 0.25) is 5.91 Å². The van der Waals surface area contributed by atoms with Crippen molar-refractivity contribution in [1.82, 2.24) is 5.32 Å². The number of carbonyl (C=O) groups excluding carboxylic acids is 2. The van der Waals surface area contributed by atoms with Crippen LogP contribution in [0.2, 0.25) is 10.0 Å². The Labute approximate surface area is 242 Å². The van der Waals surface area contributed by atoms with E-state index >= 15 is 0 Å².